The molecule has 9 nitrogen and oxygen atoms in total. The zero-order chi connectivity index (χ0) is 31.2. The Bertz CT molecular complexity index is 2140. The van der Waals surface area contributed by atoms with E-state index in [0.29, 0.717) is 18.9 Å². The highest BCUT2D eigenvalue weighted by Gasteiger charge is 2.36. The van der Waals surface area contributed by atoms with Gasteiger partial charge in [-0.1, -0.05) is 0 Å². The molecule has 5 N–H and O–H groups in total. The zero-order valence-electron chi connectivity index (χ0n) is 26.4. The maximum absolute atomic E-state index is 6.24. The lowest BCUT2D eigenvalue weighted by atomic mass is 9.75. The third-order valence-electron chi connectivity index (χ3n) is 10.0. The number of benzene rings is 3. The Morgan fingerprint density at radius 3 is 2.17 bits per heavy atom. The molecule has 3 aliphatic rings. The van der Waals surface area contributed by atoms with E-state index >= 15 is 0 Å². The Balaban J connectivity index is 0.000000187. The van der Waals surface area contributed by atoms with Crippen LogP contribution in [0, 0.1) is 5.92 Å². The first-order valence-electron chi connectivity index (χ1n) is 16.2. The minimum atomic E-state index is 0.584. The summed E-state index contributed by atoms with van der Waals surface area (Å²) < 4.78 is 16.7. The molecule has 3 aromatic carbocycles. The topological polar surface area (TPSA) is 121 Å². The van der Waals surface area contributed by atoms with Crippen LogP contribution >= 0.6 is 0 Å². The van der Waals surface area contributed by atoms with Crippen LogP contribution in [0.2, 0.25) is 0 Å². The summed E-state index contributed by atoms with van der Waals surface area (Å²) in [6.07, 6.45) is 10.5. The summed E-state index contributed by atoms with van der Waals surface area (Å²) in [6.45, 7) is 4.35. The van der Waals surface area contributed by atoms with Crippen molar-refractivity contribution in [1.82, 2.24) is 24.8 Å². The molecule has 7 heterocycles. The van der Waals surface area contributed by atoms with E-state index in [0.717, 1.165) is 63.9 Å². The number of ether oxygens (including phenoxy) is 2. The van der Waals surface area contributed by atoms with Gasteiger partial charge in [-0.25, -0.2) is 4.98 Å². The fraction of sp³-hybridized carbons (Fsp3) is 0.324. The van der Waals surface area contributed by atoms with Gasteiger partial charge in [0.25, 0.3) is 0 Å². The second kappa shape index (κ2) is 11.9. The van der Waals surface area contributed by atoms with Gasteiger partial charge in [0.15, 0.2) is 11.5 Å². The third-order valence-corrected chi connectivity index (χ3v) is 10.0. The number of H-pyrrole nitrogens is 3. The van der Waals surface area contributed by atoms with Crippen LogP contribution in [0.3, 0.4) is 0 Å². The quantitative estimate of drug-likeness (QED) is 0.155. The smallest absolute Gasteiger partial charge is 0.200 e. The first-order valence-corrected chi connectivity index (χ1v) is 16.2. The molecule has 3 fully saturated rings. The highest BCUT2D eigenvalue weighted by molar-refractivity contribution is 6.04. The largest absolute Gasteiger partial charge is 0.497 e. The Labute approximate surface area is 267 Å². The molecule has 3 aliphatic heterocycles. The van der Waals surface area contributed by atoms with Gasteiger partial charge >= 0.3 is 0 Å². The number of nitrogens with zero attached hydrogens (tertiary/aromatic N) is 2. The van der Waals surface area contributed by atoms with Crippen LogP contribution in [0.15, 0.2) is 71.5 Å². The van der Waals surface area contributed by atoms with Gasteiger partial charge in [-0.15, -0.1) is 0 Å². The van der Waals surface area contributed by atoms with Crippen molar-refractivity contribution >= 4 is 43.8 Å². The van der Waals surface area contributed by atoms with Gasteiger partial charge in [-0.05, 0) is 97.9 Å². The van der Waals surface area contributed by atoms with Gasteiger partial charge < -0.3 is 39.5 Å². The lowest BCUT2D eigenvalue weighted by molar-refractivity contribution is 0.0877. The Morgan fingerprint density at radius 1 is 0.848 bits per heavy atom. The van der Waals surface area contributed by atoms with Gasteiger partial charge in [0.2, 0.25) is 0 Å². The first-order chi connectivity index (χ1) is 22.6. The summed E-state index contributed by atoms with van der Waals surface area (Å²) >= 11 is 0. The average Bonchev–Trinajstić information content (AvgIpc) is 3.90. The van der Waals surface area contributed by atoms with Crippen LogP contribution in [-0.2, 0) is 12.8 Å². The molecule has 0 amide bonds. The molecule has 236 valence electrons. The maximum Gasteiger partial charge on any atom is 0.200 e. The molecule has 2 bridgehead atoms. The summed E-state index contributed by atoms with van der Waals surface area (Å²) in [5.41, 5.74) is 14.6. The number of aromatic amines is 3. The van der Waals surface area contributed by atoms with E-state index in [1.165, 1.54) is 58.8 Å². The summed E-state index contributed by atoms with van der Waals surface area (Å²) in [6, 6.07) is 16.3. The number of hydrogen-bond acceptors (Lipinski definition) is 6. The lowest BCUT2D eigenvalue weighted by Crippen LogP contribution is -2.46. The van der Waals surface area contributed by atoms with Crippen LogP contribution < -0.4 is 15.2 Å². The van der Waals surface area contributed by atoms with Crippen molar-refractivity contribution in [1.29, 1.82) is 0 Å². The number of nitrogens with two attached hydrogens (primary N) is 1. The maximum atomic E-state index is 6.24. The van der Waals surface area contributed by atoms with E-state index in [-0.39, 0.29) is 0 Å². The van der Waals surface area contributed by atoms with Gasteiger partial charge in [0.05, 0.1) is 20.6 Å². The number of nitrogens with one attached hydrogen (secondary N) is 3. The van der Waals surface area contributed by atoms with E-state index < -0.39 is 0 Å². The molecule has 4 aromatic heterocycles. The molecule has 1 atom stereocenters. The molecule has 0 radical (unpaired) electrons. The minimum absolute atomic E-state index is 0.584. The monoisotopic (exact) mass is 616 g/mol. The van der Waals surface area contributed by atoms with Crippen LogP contribution in [0.25, 0.3) is 43.8 Å². The van der Waals surface area contributed by atoms with E-state index in [9.17, 15) is 0 Å². The molecule has 46 heavy (non-hydrogen) atoms. The molecule has 3 saturated heterocycles. The van der Waals surface area contributed by atoms with E-state index in [2.05, 4.69) is 44.2 Å². The van der Waals surface area contributed by atoms with Gasteiger partial charge in [-0.3, -0.25) is 0 Å². The molecule has 1 unspecified atom stereocenters. The Hall–Kier alpha value is -4.73. The van der Waals surface area contributed by atoms with Crippen LogP contribution in [-0.4, -0.2) is 65.2 Å². The molecule has 0 spiro atoms. The number of piperidine rings is 3. The zero-order valence-corrected chi connectivity index (χ0v) is 26.4. The predicted octanol–water partition coefficient (Wildman–Crippen LogP) is 6.88. The SMILES string of the molecule is COc1ccc2c(CCN)c[nH]c2c1.COc1ccc2c(Cc3nc4c(ccc5[nH]cc(C6CN7CCC6CC7)c54)o3)c[nH]c2c1. The van der Waals surface area contributed by atoms with Crippen molar-refractivity contribution < 1.29 is 13.9 Å². The number of fused-ring (bicyclic) bond motifs is 8. The molecular formula is C37H40N6O3. The number of methoxy groups -OCH3 is 2. The average molecular weight is 617 g/mol. The highest BCUT2D eigenvalue weighted by atomic mass is 16.5. The van der Waals surface area contributed by atoms with E-state index in [1.54, 1.807) is 14.2 Å². The van der Waals surface area contributed by atoms with Crippen molar-refractivity contribution in [3.63, 3.8) is 0 Å². The lowest BCUT2D eigenvalue weighted by Gasteiger charge is -2.44. The number of hydrogen-bond donors (Lipinski definition) is 4. The van der Waals surface area contributed by atoms with E-state index in [4.69, 9.17) is 24.6 Å². The van der Waals surface area contributed by atoms with Crippen LogP contribution in [0.5, 0.6) is 11.5 Å². The van der Waals surface area contributed by atoms with Crippen LogP contribution in [0.1, 0.15) is 41.3 Å². The van der Waals surface area contributed by atoms with Crippen molar-refractivity contribution in [3.8, 4) is 11.5 Å². The van der Waals surface area contributed by atoms with Gasteiger partial charge in [-0.2, -0.15) is 0 Å². The third kappa shape index (κ3) is 5.09. The summed E-state index contributed by atoms with van der Waals surface area (Å²) in [5, 5.41) is 3.66. The van der Waals surface area contributed by atoms with Crippen molar-refractivity contribution in [2.75, 3.05) is 40.4 Å². The number of rotatable bonds is 7. The molecule has 0 saturated carbocycles. The Morgan fingerprint density at radius 2 is 1.52 bits per heavy atom. The summed E-state index contributed by atoms with van der Waals surface area (Å²) in [5.74, 6) is 3.84. The summed E-state index contributed by atoms with van der Waals surface area (Å²) in [4.78, 5) is 17.7. The predicted molar refractivity (Wildman–Crippen MR) is 183 cm³/mol. The normalized spacial score (nSPS) is 19.2. The molecule has 9 heteroatoms. The fourth-order valence-electron chi connectivity index (χ4n) is 7.62. The molecule has 7 aromatic rings. The van der Waals surface area contributed by atoms with Crippen molar-refractivity contribution in [2.24, 2.45) is 11.7 Å². The number of aromatic nitrogens is 4. The standard InChI is InChI=1S/C26H26N4O2.C11H14N2O/c1-31-17-2-3-18-16(12-27-22(18)11-17)10-24-29-26-23(32-24)5-4-21-25(26)19(13-28-21)20-14-30-8-6-15(20)7-9-30;1-14-9-2-3-10-8(4-5-12)7-13-11(10)6-9/h2-5,11-13,15,20,27-28H,6-10,14H2,1H3;2-3,6-7,13H,4-5,12H2,1H3. The van der Waals surface area contributed by atoms with Crippen LogP contribution in [0.4, 0.5) is 0 Å². The molecule has 10 rings (SSSR count). The van der Waals surface area contributed by atoms with E-state index in [1.807, 2.05) is 42.7 Å². The Kier molecular flexibility index (Phi) is 7.42. The summed E-state index contributed by atoms with van der Waals surface area (Å²) in [7, 11) is 3.36. The first kappa shape index (κ1) is 28.7. The highest BCUT2D eigenvalue weighted by Crippen LogP contribution is 2.43. The van der Waals surface area contributed by atoms with Crippen molar-refractivity contribution in [2.45, 2.75) is 31.6 Å². The second-order valence-corrected chi connectivity index (χ2v) is 12.6. The number of oxazole rings is 1. The molecule has 0 aliphatic carbocycles. The molecular weight excluding hydrogens is 576 g/mol. The second-order valence-electron chi connectivity index (χ2n) is 12.6. The van der Waals surface area contributed by atoms with Gasteiger partial charge in [0, 0.05) is 75.9 Å². The fourth-order valence-corrected chi connectivity index (χ4v) is 7.62. The van der Waals surface area contributed by atoms with Gasteiger partial charge in [0.1, 0.15) is 17.0 Å². The minimum Gasteiger partial charge on any atom is -0.497 e. The van der Waals surface area contributed by atoms with Crippen molar-refractivity contribution in [3.05, 3.63) is 89.7 Å².